The molecule has 0 heterocycles. The molecule has 6 nitrogen and oxygen atoms in total. The van der Waals surface area contributed by atoms with E-state index in [0.29, 0.717) is 0 Å². The van der Waals surface area contributed by atoms with Gasteiger partial charge in [-0.15, -0.1) is 0 Å². The third kappa shape index (κ3) is 2.43. The Labute approximate surface area is 71.4 Å². The number of aliphatic carboxylic acids is 1. The summed E-state index contributed by atoms with van der Waals surface area (Å²) in [5.74, 6) is -1.18. The molecule has 2 N–H and O–H groups in total. The van der Waals surface area contributed by atoms with Crippen molar-refractivity contribution in [3.63, 3.8) is 0 Å². The van der Waals surface area contributed by atoms with Gasteiger partial charge in [-0.25, -0.2) is 4.72 Å². The summed E-state index contributed by atoms with van der Waals surface area (Å²) < 4.78 is 24.8. The zero-order valence-electron chi connectivity index (χ0n) is 7.10. The summed E-state index contributed by atoms with van der Waals surface area (Å²) in [6.45, 7) is 1.29. The van der Waals surface area contributed by atoms with Crippen molar-refractivity contribution in [3.05, 3.63) is 0 Å². The molecule has 0 fully saturated rings. The van der Waals surface area contributed by atoms with E-state index in [-0.39, 0.29) is 0 Å². The molecule has 0 bridgehead atoms. The van der Waals surface area contributed by atoms with E-state index in [1.165, 1.54) is 21.0 Å². The second kappa shape index (κ2) is 3.83. The van der Waals surface area contributed by atoms with Crippen LogP contribution in [-0.2, 0) is 15.0 Å². The molecule has 0 aliphatic heterocycles. The average Bonchev–Trinajstić information content (AvgIpc) is 2.01. The quantitative estimate of drug-likeness (QED) is 0.594. The van der Waals surface area contributed by atoms with Crippen molar-refractivity contribution in [1.29, 1.82) is 0 Å². The highest BCUT2D eigenvalue weighted by Gasteiger charge is 2.26. The van der Waals surface area contributed by atoms with E-state index in [9.17, 15) is 13.2 Å². The fourth-order valence-corrected chi connectivity index (χ4v) is 1.30. The van der Waals surface area contributed by atoms with Gasteiger partial charge in [-0.3, -0.25) is 4.79 Å². The summed E-state index contributed by atoms with van der Waals surface area (Å²) in [6.07, 6.45) is 0. The lowest BCUT2D eigenvalue weighted by atomic mass is 10.4. The van der Waals surface area contributed by atoms with Crippen LogP contribution >= 0.6 is 0 Å². The van der Waals surface area contributed by atoms with E-state index < -0.39 is 22.2 Å². The maximum absolute atomic E-state index is 11.0. The van der Waals surface area contributed by atoms with Gasteiger partial charge in [0.15, 0.2) is 0 Å². The predicted molar refractivity (Wildman–Crippen MR) is 42.8 cm³/mol. The highest BCUT2D eigenvalue weighted by atomic mass is 32.2. The van der Waals surface area contributed by atoms with E-state index in [2.05, 4.69) is 0 Å². The third-order valence-electron chi connectivity index (χ3n) is 1.54. The van der Waals surface area contributed by atoms with Gasteiger partial charge in [0, 0.05) is 14.1 Å². The third-order valence-corrected chi connectivity index (χ3v) is 3.13. The molecule has 0 saturated carbocycles. The van der Waals surface area contributed by atoms with Crippen LogP contribution in [0, 0.1) is 0 Å². The number of nitrogens with one attached hydrogen (secondary N) is 1. The first kappa shape index (κ1) is 11.3. The molecular weight excluding hydrogens is 184 g/mol. The monoisotopic (exact) mass is 196 g/mol. The normalized spacial score (nSPS) is 14.7. The largest absolute Gasteiger partial charge is 0.480 e. The molecule has 1 unspecified atom stereocenters. The topological polar surface area (TPSA) is 86.7 Å². The maximum Gasteiger partial charge on any atom is 0.321 e. The van der Waals surface area contributed by atoms with Crippen LogP contribution < -0.4 is 4.72 Å². The van der Waals surface area contributed by atoms with Crippen molar-refractivity contribution >= 4 is 16.2 Å². The summed E-state index contributed by atoms with van der Waals surface area (Å²) in [6, 6.07) is -1.07. The van der Waals surface area contributed by atoms with E-state index >= 15 is 0 Å². The molecule has 0 amide bonds. The fourth-order valence-electron chi connectivity index (χ4n) is 0.508. The number of rotatable bonds is 4. The van der Waals surface area contributed by atoms with Crippen LogP contribution in [0.2, 0.25) is 0 Å². The van der Waals surface area contributed by atoms with Crippen molar-refractivity contribution in [3.8, 4) is 0 Å². The van der Waals surface area contributed by atoms with Gasteiger partial charge >= 0.3 is 5.97 Å². The smallest absolute Gasteiger partial charge is 0.321 e. The fraction of sp³-hybridized carbons (Fsp3) is 0.800. The second-order valence-electron chi connectivity index (χ2n) is 2.24. The van der Waals surface area contributed by atoms with Crippen molar-refractivity contribution < 1.29 is 18.3 Å². The first-order valence-corrected chi connectivity index (χ1v) is 4.66. The van der Waals surface area contributed by atoms with Crippen molar-refractivity contribution in [1.82, 2.24) is 9.03 Å². The second-order valence-corrected chi connectivity index (χ2v) is 4.17. The minimum absolute atomic E-state index is 0.745. The summed E-state index contributed by atoms with van der Waals surface area (Å²) in [4.78, 5) is 10.4. The van der Waals surface area contributed by atoms with Crippen LogP contribution in [0.4, 0.5) is 0 Å². The highest BCUT2D eigenvalue weighted by Crippen LogP contribution is 2.00. The Morgan fingerprint density at radius 3 is 2.25 bits per heavy atom. The summed E-state index contributed by atoms with van der Waals surface area (Å²) in [5.41, 5.74) is 0. The number of carboxylic acids is 1. The molecule has 0 spiro atoms. The molecule has 7 heteroatoms. The van der Waals surface area contributed by atoms with Gasteiger partial charge in [0.05, 0.1) is 0 Å². The molecule has 1 atom stereocenters. The van der Waals surface area contributed by atoms with Gasteiger partial charge in [-0.05, 0) is 6.92 Å². The predicted octanol–water partition coefficient (Wildman–Crippen LogP) is -1.14. The van der Waals surface area contributed by atoms with E-state index in [0.717, 1.165) is 4.31 Å². The number of hydrogen-bond donors (Lipinski definition) is 2. The van der Waals surface area contributed by atoms with Gasteiger partial charge in [0.2, 0.25) is 0 Å². The maximum atomic E-state index is 11.0. The molecule has 12 heavy (non-hydrogen) atoms. The van der Waals surface area contributed by atoms with Crippen LogP contribution in [0.1, 0.15) is 6.92 Å². The van der Waals surface area contributed by atoms with Gasteiger partial charge in [0.25, 0.3) is 10.2 Å². The lowest BCUT2D eigenvalue weighted by Crippen LogP contribution is -2.45. The van der Waals surface area contributed by atoms with Crippen LogP contribution in [0.25, 0.3) is 0 Å². The van der Waals surface area contributed by atoms with Gasteiger partial charge in [-0.2, -0.15) is 12.7 Å². The van der Waals surface area contributed by atoms with Crippen LogP contribution in [0.5, 0.6) is 0 Å². The van der Waals surface area contributed by atoms with Gasteiger partial charge in [0.1, 0.15) is 6.04 Å². The van der Waals surface area contributed by atoms with Gasteiger partial charge < -0.3 is 5.11 Å². The molecule has 0 aliphatic carbocycles. The highest BCUT2D eigenvalue weighted by molar-refractivity contribution is 7.87. The average molecular weight is 196 g/mol. The molecule has 0 rings (SSSR count). The Bertz CT molecular complexity index is 261. The molecule has 0 aromatic heterocycles. The Morgan fingerprint density at radius 2 is 2.00 bits per heavy atom. The van der Waals surface area contributed by atoms with Crippen molar-refractivity contribution in [2.24, 2.45) is 0 Å². The first-order valence-electron chi connectivity index (χ1n) is 3.22. The molecule has 0 radical (unpaired) electrons. The van der Waals surface area contributed by atoms with E-state index in [1.807, 2.05) is 4.72 Å². The zero-order valence-corrected chi connectivity index (χ0v) is 7.92. The summed E-state index contributed by atoms with van der Waals surface area (Å²) >= 11 is 0. The molecule has 0 saturated heterocycles. The van der Waals surface area contributed by atoms with E-state index in [4.69, 9.17) is 5.11 Å². The van der Waals surface area contributed by atoms with Crippen LogP contribution in [0.3, 0.4) is 0 Å². The Morgan fingerprint density at radius 1 is 1.58 bits per heavy atom. The summed E-state index contributed by atoms with van der Waals surface area (Å²) in [7, 11) is -1.22. The number of carboxylic acid groups (broad SMARTS) is 1. The first-order chi connectivity index (χ1) is 5.33. The number of likely N-dealkylation sites (N-methyl/N-ethyl adjacent to an activating group) is 1. The van der Waals surface area contributed by atoms with Crippen molar-refractivity contribution in [2.45, 2.75) is 13.0 Å². The Hall–Kier alpha value is -0.660. The minimum atomic E-state index is -3.64. The molecule has 72 valence electrons. The Balaban J connectivity index is 4.61. The molecule has 0 aromatic carbocycles. The van der Waals surface area contributed by atoms with Gasteiger partial charge in [-0.1, -0.05) is 0 Å². The van der Waals surface area contributed by atoms with Crippen LogP contribution in [0.15, 0.2) is 0 Å². The number of hydrogen-bond acceptors (Lipinski definition) is 3. The number of carbonyl (C=O) groups is 1. The standard InChI is InChI=1S/C5H12N2O4S/c1-4(5(8)9)7(3)12(10,11)6-2/h4,6H,1-3H3,(H,8,9). The minimum Gasteiger partial charge on any atom is -0.480 e. The zero-order chi connectivity index (χ0) is 9.94. The molecule has 0 aliphatic rings. The lowest BCUT2D eigenvalue weighted by Gasteiger charge is -2.19. The Kier molecular flexibility index (Phi) is 3.62. The SMILES string of the molecule is CNS(=O)(=O)N(C)C(C)C(=O)O. The van der Waals surface area contributed by atoms with E-state index in [1.54, 1.807) is 0 Å². The number of nitrogens with zero attached hydrogens (tertiary/aromatic N) is 1. The lowest BCUT2D eigenvalue weighted by molar-refractivity contribution is -0.140. The summed E-state index contributed by atoms with van der Waals surface area (Å²) in [5, 5.41) is 8.48. The van der Waals surface area contributed by atoms with Crippen LogP contribution in [-0.4, -0.2) is 43.9 Å². The molecular formula is C5H12N2O4S. The van der Waals surface area contributed by atoms with Crippen molar-refractivity contribution in [2.75, 3.05) is 14.1 Å². The molecule has 0 aromatic rings.